The molecule has 1 aromatic heterocycles. The minimum absolute atomic E-state index is 0.0409. The van der Waals surface area contributed by atoms with E-state index in [9.17, 15) is 8.42 Å². The summed E-state index contributed by atoms with van der Waals surface area (Å²) in [6, 6.07) is 12.6. The van der Waals surface area contributed by atoms with Gasteiger partial charge in [-0.1, -0.05) is 31.2 Å². The van der Waals surface area contributed by atoms with E-state index in [4.69, 9.17) is 19.2 Å². The molecule has 1 heterocycles. The van der Waals surface area contributed by atoms with E-state index in [1.807, 2.05) is 39.0 Å². The van der Waals surface area contributed by atoms with Gasteiger partial charge < -0.3 is 19.1 Å². The number of nitrogens with one attached hydrogen (secondary N) is 1. The molecular weight excluding hydrogens is 492 g/mol. The standard InChI is InChI=1S/C27H34N4O5S/c1-7-11-23(12-10-15-36-19(2)3)37(32,33)30-26-27(29-25-14-9-8-13-24(25)28-26)31(4)20-16-21(34-5)18-22(17-20)35-6/h8-14,16-19H,7,15H2,1-6H3,(H,28,30)/b12-10-,23-11+. The number of nitrogens with zero attached hydrogens (tertiary/aromatic N) is 3. The topological polar surface area (TPSA) is 103 Å². The fourth-order valence-corrected chi connectivity index (χ4v) is 4.64. The van der Waals surface area contributed by atoms with Crippen molar-refractivity contribution in [2.24, 2.45) is 0 Å². The number of hydrogen-bond acceptors (Lipinski definition) is 8. The molecule has 3 aromatic rings. The van der Waals surface area contributed by atoms with E-state index in [1.54, 1.807) is 68.7 Å². The smallest absolute Gasteiger partial charge is 0.262 e. The van der Waals surface area contributed by atoms with Crippen LogP contribution in [0.3, 0.4) is 0 Å². The fraction of sp³-hybridized carbons (Fsp3) is 0.333. The molecule has 10 heteroatoms. The Bertz CT molecular complexity index is 1360. The number of fused-ring (bicyclic) bond motifs is 1. The summed E-state index contributed by atoms with van der Waals surface area (Å²) in [5.74, 6) is 1.58. The molecule has 198 valence electrons. The molecule has 0 saturated carbocycles. The third kappa shape index (κ3) is 7.21. The number of anilines is 3. The van der Waals surface area contributed by atoms with Gasteiger partial charge in [-0.3, -0.25) is 4.72 Å². The second-order valence-electron chi connectivity index (χ2n) is 8.42. The minimum atomic E-state index is -3.98. The second-order valence-corrected chi connectivity index (χ2v) is 10.1. The van der Waals surface area contributed by atoms with Gasteiger partial charge in [0.2, 0.25) is 0 Å². The first-order valence-corrected chi connectivity index (χ1v) is 13.4. The lowest BCUT2D eigenvalue weighted by Crippen LogP contribution is -2.20. The van der Waals surface area contributed by atoms with Crippen LogP contribution in [0.15, 0.2) is 65.6 Å². The maximum atomic E-state index is 13.5. The van der Waals surface area contributed by atoms with Crippen LogP contribution >= 0.6 is 0 Å². The van der Waals surface area contributed by atoms with Crippen LogP contribution in [-0.4, -0.2) is 52.4 Å². The van der Waals surface area contributed by atoms with Crippen molar-refractivity contribution in [3.63, 3.8) is 0 Å². The van der Waals surface area contributed by atoms with Crippen LogP contribution in [0.1, 0.15) is 27.2 Å². The number of para-hydroxylation sites is 2. The van der Waals surface area contributed by atoms with Gasteiger partial charge in [0.05, 0.1) is 42.9 Å². The Balaban J connectivity index is 2.07. The molecule has 0 saturated heterocycles. The van der Waals surface area contributed by atoms with Crippen LogP contribution in [0.25, 0.3) is 11.0 Å². The van der Waals surface area contributed by atoms with Crippen LogP contribution < -0.4 is 19.1 Å². The highest BCUT2D eigenvalue weighted by molar-refractivity contribution is 7.96. The molecule has 0 atom stereocenters. The Morgan fingerprint density at radius 2 is 1.68 bits per heavy atom. The van der Waals surface area contributed by atoms with Crippen LogP contribution in [0.5, 0.6) is 11.5 Å². The third-order valence-corrected chi connectivity index (χ3v) is 6.73. The zero-order valence-corrected chi connectivity index (χ0v) is 22.9. The van der Waals surface area contributed by atoms with Gasteiger partial charge in [-0.25, -0.2) is 18.4 Å². The molecule has 9 nitrogen and oxygen atoms in total. The first-order valence-electron chi connectivity index (χ1n) is 11.9. The van der Waals surface area contributed by atoms with E-state index in [-0.39, 0.29) is 16.8 Å². The molecule has 0 fully saturated rings. The summed E-state index contributed by atoms with van der Waals surface area (Å²) in [5.41, 5.74) is 1.86. The summed E-state index contributed by atoms with van der Waals surface area (Å²) in [6.07, 6.45) is 5.44. The number of rotatable bonds is 12. The summed E-state index contributed by atoms with van der Waals surface area (Å²) >= 11 is 0. The van der Waals surface area contributed by atoms with E-state index in [0.717, 1.165) is 0 Å². The Morgan fingerprint density at radius 1 is 1.05 bits per heavy atom. The van der Waals surface area contributed by atoms with Gasteiger partial charge in [0.1, 0.15) is 11.5 Å². The van der Waals surface area contributed by atoms with Crippen molar-refractivity contribution in [3.8, 4) is 11.5 Å². The summed E-state index contributed by atoms with van der Waals surface area (Å²) in [6.45, 7) is 6.02. The quantitative estimate of drug-likeness (QED) is 0.312. The average Bonchev–Trinajstić information content (AvgIpc) is 2.88. The number of ether oxygens (including phenoxy) is 3. The van der Waals surface area contributed by atoms with Crippen LogP contribution in [-0.2, 0) is 14.8 Å². The van der Waals surface area contributed by atoms with E-state index in [0.29, 0.717) is 47.1 Å². The van der Waals surface area contributed by atoms with Crippen molar-refractivity contribution in [2.45, 2.75) is 33.3 Å². The number of allylic oxidation sites excluding steroid dienone is 2. The van der Waals surface area contributed by atoms with Gasteiger partial charge in [-0.2, -0.15) is 0 Å². The van der Waals surface area contributed by atoms with Gasteiger partial charge in [-0.15, -0.1) is 0 Å². The summed E-state index contributed by atoms with van der Waals surface area (Å²) in [7, 11) is 0.923. The molecule has 0 amide bonds. The van der Waals surface area contributed by atoms with Gasteiger partial charge in [-0.05, 0) is 38.5 Å². The summed E-state index contributed by atoms with van der Waals surface area (Å²) in [5, 5.41) is 0. The normalized spacial score (nSPS) is 12.4. The minimum Gasteiger partial charge on any atom is -0.497 e. The van der Waals surface area contributed by atoms with E-state index in [2.05, 4.69) is 9.71 Å². The van der Waals surface area contributed by atoms with Crippen molar-refractivity contribution in [1.29, 1.82) is 0 Å². The first-order chi connectivity index (χ1) is 17.7. The highest BCUT2D eigenvalue weighted by Gasteiger charge is 2.22. The molecule has 37 heavy (non-hydrogen) atoms. The molecule has 0 radical (unpaired) electrons. The molecule has 1 N–H and O–H groups in total. The molecule has 0 aliphatic carbocycles. The molecule has 0 aliphatic heterocycles. The molecule has 3 rings (SSSR count). The van der Waals surface area contributed by atoms with Crippen LogP contribution in [0.2, 0.25) is 0 Å². The van der Waals surface area contributed by atoms with Gasteiger partial charge >= 0.3 is 0 Å². The Hall–Kier alpha value is -3.63. The van der Waals surface area contributed by atoms with Crippen molar-refractivity contribution < 1.29 is 22.6 Å². The zero-order valence-electron chi connectivity index (χ0n) is 22.1. The first kappa shape index (κ1) is 27.9. The number of benzene rings is 2. The predicted octanol–water partition coefficient (Wildman–Crippen LogP) is 5.43. The molecule has 0 bridgehead atoms. The van der Waals surface area contributed by atoms with Crippen molar-refractivity contribution in [2.75, 3.05) is 37.5 Å². The lowest BCUT2D eigenvalue weighted by molar-refractivity contribution is 0.102. The Kier molecular flexibility index (Phi) is 9.48. The van der Waals surface area contributed by atoms with Crippen molar-refractivity contribution in [1.82, 2.24) is 9.97 Å². The monoisotopic (exact) mass is 526 g/mol. The zero-order chi connectivity index (χ0) is 27.0. The van der Waals surface area contributed by atoms with Gasteiger partial charge in [0, 0.05) is 30.9 Å². The molecular formula is C27H34N4O5S. The third-order valence-electron chi connectivity index (χ3n) is 5.35. The van der Waals surface area contributed by atoms with Crippen LogP contribution in [0.4, 0.5) is 17.3 Å². The largest absolute Gasteiger partial charge is 0.497 e. The Labute approximate surface area is 218 Å². The van der Waals surface area contributed by atoms with Gasteiger partial charge in [0.15, 0.2) is 11.6 Å². The lowest BCUT2D eigenvalue weighted by atomic mass is 10.2. The van der Waals surface area contributed by atoms with Crippen molar-refractivity contribution in [3.05, 3.63) is 65.6 Å². The van der Waals surface area contributed by atoms with E-state index in [1.165, 1.54) is 0 Å². The summed E-state index contributed by atoms with van der Waals surface area (Å²) in [4.78, 5) is 11.2. The molecule has 0 spiro atoms. The number of aromatic nitrogens is 2. The maximum Gasteiger partial charge on any atom is 0.262 e. The molecule has 0 unspecified atom stereocenters. The predicted molar refractivity (Wildman–Crippen MR) is 148 cm³/mol. The molecule has 0 aliphatic rings. The maximum absolute atomic E-state index is 13.5. The SMILES string of the molecule is CC/C=C(\C=C/COC(C)C)S(=O)(=O)Nc1nc2ccccc2nc1N(C)c1cc(OC)cc(OC)c1. The van der Waals surface area contributed by atoms with E-state index >= 15 is 0 Å². The lowest BCUT2D eigenvalue weighted by Gasteiger charge is -2.23. The molecule has 2 aromatic carbocycles. The van der Waals surface area contributed by atoms with Gasteiger partial charge in [0.25, 0.3) is 10.0 Å². The highest BCUT2D eigenvalue weighted by atomic mass is 32.2. The Morgan fingerprint density at radius 3 is 2.24 bits per heavy atom. The van der Waals surface area contributed by atoms with Crippen molar-refractivity contribution >= 4 is 38.4 Å². The highest BCUT2D eigenvalue weighted by Crippen LogP contribution is 2.35. The number of methoxy groups -OCH3 is 2. The number of sulfonamides is 1. The van der Waals surface area contributed by atoms with E-state index < -0.39 is 10.0 Å². The second kappa shape index (κ2) is 12.6. The van der Waals surface area contributed by atoms with Crippen LogP contribution in [0, 0.1) is 0 Å². The summed E-state index contributed by atoms with van der Waals surface area (Å²) < 4.78 is 45.9. The fourth-order valence-electron chi connectivity index (χ4n) is 3.47. The number of hydrogen-bond donors (Lipinski definition) is 1. The average molecular weight is 527 g/mol.